The normalized spacial score (nSPS) is 10.7. The number of aryl methyl sites for hydroxylation is 1. The van der Waals surface area contributed by atoms with Crippen LogP contribution in [0.4, 0.5) is 5.69 Å². The Kier molecular flexibility index (Phi) is 7.43. The van der Waals surface area contributed by atoms with E-state index in [2.05, 4.69) is 22.4 Å². The highest BCUT2D eigenvalue weighted by Crippen LogP contribution is 2.21. The number of amides is 1. The number of nitrogens with zero attached hydrogens (tertiary/aromatic N) is 1. The number of para-hydroxylation sites is 1. The lowest BCUT2D eigenvalue weighted by Crippen LogP contribution is -2.18. The summed E-state index contributed by atoms with van der Waals surface area (Å²) in [5.41, 5.74) is 6.09. The van der Waals surface area contributed by atoms with Crippen molar-refractivity contribution in [3.8, 4) is 5.75 Å². The summed E-state index contributed by atoms with van der Waals surface area (Å²) in [6.45, 7) is 6.42. The molecule has 0 saturated heterocycles. The molecule has 0 fully saturated rings. The highest BCUT2D eigenvalue weighted by molar-refractivity contribution is 5.85. The van der Waals surface area contributed by atoms with Crippen LogP contribution in [-0.4, -0.2) is 23.8 Å². The first-order valence-corrected chi connectivity index (χ1v) is 8.64. The fourth-order valence-corrected chi connectivity index (χ4v) is 2.42. The maximum atomic E-state index is 11.8. The van der Waals surface area contributed by atoms with E-state index >= 15 is 0 Å². The summed E-state index contributed by atoms with van der Waals surface area (Å²) >= 11 is 0. The third kappa shape index (κ3) is 6.09. The first kappa shape index (κ1) is 19.2. The smallest absolute Gasteiger partial charge is 0.240 e. The molecule has 0 aromatic heterocycles. The molecule has 1 amide bonds. The number of rotatable bonds is 9. The number of nitrogens with one attached hydrogen (secondary N) is 2. The molecule has 2 rings (SSSR count). The Balaban J connectivity index is 1.73. The number of hydrazone groups is 1. The maximum Gasteiger partial charge on any atom is 0.240 e. The average Bonchev–Trinajstić information content (AvgIpc) is 2.63. The number of hydrogen-bond acceptors (Lipinski definition) is 4. The van der Waals surface area contributed by atoms with Crippen molar-refractivity contribution in [2.45, 2.75) is 26.2 Å². The van der Waals surface area contributed by atoms with Crippen molar-refractivity contribution < 1.29 is 9.90 Å². The zero-order valence-corrected chi connectivity index (χ0v) is 15.0. The first-order chi connectivity index (χ1) is 12.6. The summed E-state index contributed by atoms with van der Waals surface area (Å²) in [4.78, 5) is 11.8. The summed E-state index contributed by atoms with van der Waals surface area (Å²) < 4.78 is 0. The molecule has 3 N–H and O–H groups in total. The van der Waals surface area contributed by atoms with Crippen LogP contribution >= 0.6 is 0 Å². The minimum atomic E-state index is -0.159. The van der Waals surface area contributed by atoms with Crippen molar-refractivity contribution in [1.82, 2.24) is 5.43 Å². The number of allylic oxidation sites excluding steroid dienone is 1. The quantitative estimate of drug-likeness (QED) is 0.279. The largest absolute Gasteiger partial charge is 0.507 e. The van der Waals surface area contributed by atoms with Gasteiger partial charge in [-0.15, -0.1) is 6.58 Å². The number of carbonyl (C=O) groups is 1. The standard InChI is InChI=1S/C21H25N3O2/c1-3-6-17-7-4-8-18(21(17)26)15-23-24-20(25)9-5-14-22-19-12-10-16(2)11-13-19/h3-4,7-8,10-13,15,22,26H,1,5-6,9,14H2,2H3,(H,24,25)/b23-15+. The lowest BCUT2D eigenvalue weighted by Gasteiger charge is -2.06. The summed E-state index contributed by atoms with van der Waals surface area (Å²) in [6, 6.07) is 13.5. The van der Waals surface area contributed by atoms with E-state index in [0.29, 0.717) is 31.4 Å². The van der Waals surface area contributed by atoms with E-state index in [0.717, 1.165) is 11.3 Å². The lowest BCUT2D eigenvalue weighted by molar-refractivity contribution is -0.121. The van der Waals surface area contributed by atoms with Crippen molar-refractivity contribution >= 4 is 17.8 Å². The van der Waals surface area contributed by atoms with Gasteiger partial charge in [0.15, 0.2) is 0 Å². The van der Waals surface area contributed by atoms with E-state index in [1.165, 1.54) is 11.8 Å². The molecule has 0 atom stereocenters. The van der Waals surface area contributed by atoms with Crippen molar-refractivity contribution in [3.63, 3.8) is 0 Å². The molecule has 5 nitrogen and oxygen atoms in total. The number of hydrogen-bond donors (Lipinski definition) is 3. The van der Waals surface area contributed by atoms with Gasteiger partial charge in [-0.1, -0.05) is 35.9 Å². The zero-order valence-electron chi connectivity index (χ0n) is 15.0. The molecule has 0 spiro atoms. The minimum Gasteiger partial charge on any atom is -0.507 e. The van der Waals surface area contributed by atoms with Gasteiger partial charge in [-0.3, -0.25) is 4.79 Å². The minimum absolute atomic E-state index is 0.159. The van der Waals surface area contributed by atoms with Crippen LogP contribution in [0.25, 0.3) is 0 Å². The predicted molar refractivity (Wildman–Crippen MR) is 107 cm³/mol. The van der Waals surface area contributed by atoms with Crippen molar-refractivity contribution in [1.29, 1.82) is 0 Å². The second-order valence-electron chi connectivity index (χ2n) is 6.04. The Morgan fingerprint density at radius 1 is 1.23 bits per heavy atom. The van der Waals surface area contributed by atoms with Crippen LogP contribution in [0.15, 0.2) is 60.2 Å². The van der Waals surface area contributed by atoms with Crippen LogP contribution in [0.2, 0.25) is 0 Å². The van der Waals surface area contributed by atoms with E-state index < -0.39 is 0 Å². The van der Waals surface area contributed by atoms with Gasteiger partial charge in [-0.05, 0) is 43.5 Å². The molecule has 26 heavy (non-hydrogen) atoms. The number of phenolic OH excluding ortho intramolecular Hbond substituents is 1. The topological polar surface area (TPSA) is 73.7 Å². The van der Waals surface area contributed by atoms with E-state index in [-0.39, 0.29) is 11.7 Å². The Morgan fingerprint density at radius 2 is 2.00 bits per heavy atom. The van der Waals surface area contributed by atoms with Gasteiger partial charge in [0.05, 0.1) is 6.21 Å². The van der Waals surface area contributed by atoms with Gasteiger partial charge < -0.3 is 10.4 Å². The van der Waals surface area contributed by atoms with E-state index in [1.54, 1.807) is 12.1 Å². The fraction of sp³-hybridized carbons (Fsp3) is 0.238. The highest BCUT2D eigenvalue weighted by atomic mass is 16.3. The van der Waals surface area contributed by atoms with Gasteiger partial charge in [0.2, 0.25) is 5.91 Å². The van der Waals surface area contributed by atoms with Crippen LogP contribution in [-0.2, 0) is 11.2 Å². The van der Waals surface area contributed by atoms with Crippen LogP contribution in [0, 0.1) is 6.92 Å². The summed E-state index contributed by atoms with van der Waals surface area (Å²) in [5.74, 6) is 0.00129. The summed E-state index contributed by atoms with van der Waals surface area (Å²) in [6.07, 6.45) is 4.83. The van der Waals surface area contributed by atoms with E-state index in [1.807, 2.05) is 43.3 Å². The van der Waals surface area contributed by atoms with Crippen molar-refractivity contribution in [2.75, 3.05) is 11.9 Å². The molecule has 136 valence electrons. The molecule has 0 heterocycles. The molecular weight excluding hydrogens is 326 g/mol. The molecule has 0 aliphatic rings. The van der Waals surface area contributed by atoms with E-state index in [9.17, 15) is 9.90 Å². The number of aromatic hydroxyl groups is 1. The van der Waals surface area contributed by atoms with Gasteiger partial charge in [0, 0.05) is 24.2 Å². The molecule has 0 saturated carbocycles. The number of benzene rings is 2. The highest BCUT2D eigenvalue weighted by Gasteiger charge is 2.04. The molecule has 0 bridgehead atoms. The number of anilines is 1. The molecule has 0 aliphatic carbocycles. The van der Waals surface area contributed by atoms with Gasteiger partial charge >= 0.3 is 0 Å². The Bertz CT molecular complexity index is 767. The molecular formula is C21H25N3O2. The molecule has 5 heteroatoms. The molecule has 0 aliphatic heterocycles. The lowest BCUT2D eigenvalue weighted by atomic mass is 10.1. The molecule has 0 unspecified atom stereocenters. The molecule has 0 radical (unpaired) electrons. The van der Waals surface area contributed by atoms with Crippen LogP contribution in [0.1, 0.15) is 29.5 Å². The maximum absolute atomic E-state index is 11.8. The first-order valence-electron chi connectivity index (χ1n) is 8.64. The van der Waals surface area contributed by atoms with Crippen LogP contribution in [0.5, 0.6) is 5.75 Å². The molecule has 2 aromatic rings. The third-order valence-corrected chi connectivity index (χ3v) is 3.87. The van der Waals surface area contributed by atoms with Crippen LogP contribution in [0.3, 0.4) is 0 Å². The second kappa shape index (κ2) is 10.0. The van der Waals surface area contributed by atoms with Crippen molar-refractivity contribution in [2.24, 2.45) is 5.10 Å². The van der Waals surface area contributed by atoms with Gasteiger partial charge in [0.25, 0.3) is 0 Å². The Labute approximate surface area is 154 Å². The summed E-state index contributed by atoms with van der Waals surface area (Å²) in [7, 11) is 0. The monoisotopic (exact) mass is 351 g/mol. The number of phenols is 1. The zero-order chi connectivity index (χ0) is 18.8. The molecule has 2 aromatic carbocycles. The second-order valence-corrected chi connectivity index (χ2v) is 6.04. The summed E-state index contributed by atoms with van der Waals surface area (Å²) in [5, 5.41) is 17.3. The van der Waals surface area contributed by atoms with E-state index in [4.69, 9.17) is 0 Å². The fourth-order valence-electron chi connectivity index (χ4n) is 2.42. The van der Waals surface area contributed by atoms with Crippen molar-refractivity contribution in [3.05, 3.63) is 71.8 Å². The van der Waals surface area contributed by atoms with Gasteiger partial charge in [-0.2, -0.15) is 5.10 Å². The van der Waals surface area contributed by atoms with Gasteiger partial charge in [0.1, 0.15) is 5.75 Å². The van der Waals surface area contributed by atoms with Crippen LogP contribution < -0.4 is 10.7 Å². The average molecular weight is 351 g/mol. The third-order valence-electron chi connectivity index (χ3n) is 3.87. The van der Waals surface area contributed by atoms with Gasteiger partial charge in [-0.25, -0.2) is 5.43 Å². The predicted octanol–water partition coefficient (Wildman–Crippen LogP) is 3.77. The SMILES string of the molecule is C=CCc1cccc(/C=N/NC(=O)CCCNc2ccc(C)cc2)c1O. The Hall–Kier alpha value is -3.08. The Morgan fingerprint density at radius 3 is 2.73 bits per heavy atom. The number of carbonyl (C=O) groups excluding carboxylic acids is 1.